The van der Waals surface area contributed by atoms with Gasteiger partial charge in [-0.15, -0.1) is 0 Å². The minimum absolute atomic E-state index is 0.00980. The highest BCUT2D eigenvalue weighted by atomic mass is 32.2. The minimum Gasteiger partial charge on any atom is -0.389 e. The molecular formula is C50H67F3N8O12S2. The number of benzene rings is 4. The number of nitrogens with two attached hydrogens (primary N) is 4. The number of sulfonamides is 2. The van der Waals surface area contributed by atoms with Gasteiger partial charge >= 0.3 is 0 Å². The molecule has 0 aliphatic heterocycles. The van der Waals surface area contributed by atoms with Crippen LogP contribution < -0.4 is 43.0 Å². The molecule has 75 heavy (non-hydrogen) atoms. The van der Waals surface area contributed by atoms with Crippen LogP contribution in [0.3, 0.4) is 0 Å². The Hall–Kier alpha value is -6.61. The van der Waals surface area contributed by atoms with E-state index in [1.165, 1.54) is 24.3 Å². The third-order valence-corrected chi connectivity index (χ3v) is 14.0. The molecule has 20 nitrogen and oxygen atoms in total. The number of hydrogen-bond acceptors (Lipinski definition) is 13. The molecule has 0 aliphatic carbocycles. The van der Waals surface area contributed by atoms with Crippen LogP contribution >= 0.6 is 0 Å². The topological polar surface area (TPSA) is 363 Å². The van der Waals surface area contributed by atoms with Gasteiger partial charge in [-0.2, -0.15) is 9.44 Å². The van der Waals surface area contributed by atoms with Gasteiger partial charge in [0.05, 0.1) is 28.0 Å². The second-order valence-electron chi connectivity index (χ2n) is 17.3. The lowest BCUT2D eigenvalue weighted by molar-refractivity contribution is -0.129. The predicted octanol–water partition coefficient (Wildman–Crippen LogP) is 1.05. The van der Waals surface area contributed by atoms with Crippen LogP contribution in [0.15, 0.2) is 119 Å². The van der Waals surface area contributed by atoms with E-state index < -0.39 is 118 Å². The van der Waals surface area contributed by atoms with Gasteiger partial charge < -0.3 is 43.8 Å². The molecule has 0 spiro atoms. The number of primary amides is 3. The van der Waals surface area contributed by atoms with Crippen LogP contribution in [0.4, 0.5) is 13.2 Å². The summed E-state index contributed by atoms with van der Waals surface area (Å²) < 4.78 is 94.0. The number of Topliss-reactive ketones (excluding diaryl/α,β-unsaturated/α-hetero) is 1. The predicted molar refractivity (Wildman–Crippen MR) is 273 cm³/mol. The monoisotopic (exact) mass is 1090 g/mol. The van der Waals surface area contributed by atoms with Gasteiger partial charge in [0, 0.05) is 25.3 Å². The number of nitrogens with one attached hydrogen (secondary N) is 4. The standard InChI is InChI=1S/C22H28FN3O5S.C22H26FN3O5S.C6H13FN2O2/c2*1-15-7-9-17(10-8-15)32(30,31)26-19(13-16-5-3-2-4-6-16)22(29)25-18(20(27)14-23)11-12-21(24)28;7-3-5(10)4(8)1-2-6(9)11/h2-10,18-20,26-27H,11-14H2,1H3,(H2,24,28)(H,25,29);2-10,18-19,26H,11-14H2,1H3,(H2,24,28)(H,25,29);4-5,10H,1-3,8H2,(H2,9,11)/t18?,19-,20?;18?,19-;/m00./s1. The first-order valence-electron chi connectivity index (χ1n) is 23.4. The quantitative estimate of drug-likeness (QED) is 0.0364. The van der Waals surface area contributed by atoms with E-state index >= 15 is 0 Å². The molecule has 25 heteroatoms. The first kappa shape index (κ1) is 64.5. The Morgan fingerprint density at radius 1 is 0.520 bits per heavy atom. The van der Waals surface area contributed by atoms with Gasteiger partial charge in [0.2, 0.25) is 49.6 Å². The fourth-order valence-corrected chi connectivity index (χ4v) is 9.04. The molecule has 0 bridgehead atoms. The summed E-state index contributed by atoms with van der Waals surface area (Å²) in [5, 5.41) is 23.5. The summed E-state index contributed by atoms with van der Waals surface area (Å²) in [6.45, 7) is 0.242. The lowest BCUT2D eigenvalue weighted by Gasteiger charge is -2.25. The number of aliphatic hydroxyl groups is 2. The maximum atomic E-state index is 13.1. The number of aliphatic hydroxyl groups excluding tert-OH is 2. The van der Waals surface area contributed by atoms with E-state index in [1.54, 1.807) is 84.9 Å². The molecule has 4 aromatic carbocycles. The Balaban J connectivity index is 0.000000428. The summed E-state index contributed by atoms with van der Waals surface area (Å²) in [5.74, 6) is -4.38. The van der Waals surface area contributed by atoms with Gasteiger partial charge in [0.1, 0.15) is 38.2 Å². The van der Waals surface area contributed by atoms with Crippen molar-refractivity contribution in [2.45, 2.75) is 117 Å². The van der Waals surface area contributed by atoms with Gasteiger partial charge in [-0.25, -0.2) is 30.0 Å². The summed E-state index contributed by atoms with van der Waals surface area (Å²) >= 11 is 0. The molecule has 0 saturated carbocycles. The lowest BCUT2D eigenvalue weighted by atomic mass is 10.0. The number of rotatable bonds is 29. The zero-order valence-corrected chi connectivity index (χ0v) is 43.1. The molecule has 4 rings (SSSR count). The Morgan fingerprint density at radius 2 is 0.893 bits per heavy atom. The first-order valence-corrected chi connectivity index (χ1v) is 26.3. The largest absolute Gasteiger partial charge is 0.389 e. The first-order chi connectivity index (χ1) is 35.3. The molecule has 0 heterocycles. The molecule has 0 fully saturated rings. The molecule has 5 unspecified atom stereocenters. The number of aryl methyl sites for hydroxylation is 2. The van der Waals surface area contributed by atoms with Crippen LogP contribution in [0.5, 0.6) is 0 Å². The van der Waals surface area contributed by atoms with Crippen molar-refractivity contribution in [1.29, 1.82) is 0 Å². The van der Waals surface area contributed by atoms with Gasteiger partial charge in [-0.1, -0.05) is 96.1 Å². The number of carbonyl (C=O) groups is 6. The van der Waals surface area contributed by atoms with E-state index in [9.17, 15) is 63.9 Å². The van der Waals surface area contributed by atoms with Gasteiger partial charge in [-0.3, -0.25) is 28.8 Å². The maximum absolute atomic E-state index is 13.1. The fourth-order valence-electron chi connectivity index (χ4n) is 6.65. The number of amides is 5. The molecular weight excluding hydrogens is 1030 g/mol. The summed E-state index contributed by atoms with van der Waals surface area (Å²) in [6.07, 6.45) is -3.13. The van der Waals surface area contributed by atoms with Crippen LogP contribution in [0.25, 0.3) is 0 Å². The van der Waals surface area contributed by atoms with E-state index in [4.69, 9.17) is 28.0 Å². The second kappa shape index (κ2) is 32.6. The van der Waals surface area contributed by atoms with Crippen molar-refractivity contribution in [1.82, 2.24) is 20.1 Å². The molecule has 4 aromatic rings. The molecule has 7 atom stereocenters. The number of carbonyl (C=O) groups excluding carboxylic acids is 6. The average Bonchev–Trinajstić information content (AvgIpc) is 3.37. The smallest absolute Gasteiger partial charge is 0.241 e. The van der Waals surface area contributed by atoms with Crippen molar-refractivity contribution in [3.63, 3.8) is 0 Å². The molecule has 412 valence electrons. The van der Waals surface area contributed by atoms with Crippen molar-refractivity contribution in [2.75, 3.05) is 20.0 Å². The van der Waals surface area contributed by atoms with Crippen molar-refractivity contribution in [3.8, 4) is 0 Å². The Labute approximate surface area is 434 Å². The normalized spacial score (nSPS) is 14.1. The zero-order valence-electron chi connectivity index (χ0n) is 41.4. The van der Waals surface area contributed by atoms with Gasteiger partial charge in [0.25, 0.3) is 0 Å². The number of hydrogen-bond donors (Lipinski definition) is 10. The SMILES string of the molecule is Cc1ccc(S(=O)(=O)N[C@@H](Cc2ccccc2)C(=O)NC(CCC(N)=O)C(=O)CF)cc1.Cc1ccc(S(=O)(=O)N[C@@H](Cc2ccccc2)C(=O)NC(CCC(N)=O)C(O)CF)cc1.NC(=O)CCC(N)C(O)CF. The molecule has 5 amide bonds. The van der Waals surface area contributed by atoms with E-state index in [2.05, 4.69) is 20.1 Å². The van der Waals surface area contributed by atoms with Crippen LogP contribution in [0.1, 0.15) is 60.8 Å². The highest BCUT2D eigenvalue weighted by Crippen LogP contribution is 2.16. The Bertz CT molecular complexity index is 2660. The van der Waals surface area contributed by atoms with E-state index in [1.807, 2.05) is 13.8 Å². The average molecular weight is 1090 g/mol. The minimum atomic E-state index is -4.07. The summed E-state index contributed by atoms with van der Waals surface area (Å²) in [5.41, 5.74) is 23.4. The molecule has 0 radical (unpaired) electrons. The Morgan fingerprint density at radius 3 is 1.27 bits per heavy atom. The third kappa shape index (κ3) is 24.5. The van der Waals surface area contributed by atoms with Crippen molar-refractivity contribution >= 4 is 55.4 Å². The zero-order chi connectivity index (χ0) is 56.3. The number of halogens is 3. The van der Waals surface area contributed by atoms with Crippen LogP contribution in [-0.4, -0.2) is 125 Å². The summed E-state index contributed by atoms with van der Waals surface area (Å²) in [4.78, 5) is 70.2. The highest BCUT2D eigenvalue weighted by molar-refractivity contribution is 7.89. The molecule has 0 aromatic heterocycles. The molecule has 0 aliphatic rings. The maximum Gasteiger partial charge on any atom is 0.241 e. The highest BCUT2D eigenvalue weighted by Gasteiger charge is 2.32. The molecule has 14 N–H and O–H groups in total. The van der Waals surface area contributed by atoms with Crippen molar-refractivity contribution < 1.29 is 69.0 Å². The number of alkyl halides is 3. The van der Waals surface area contributed by atoms with Crippen LogP contribution in [0, 0.1) is 13.8 Å². The number of ketones is 1. The lowest BCUT2D eigenvalue weighted by Crippen LogP contribution is -2.53. The van der Waals surface area contributed by atoms with Gasteiger partial charge in [-0.05, 0) is 81.3 Å². The van der Waals surface area contributed by atoms with Gasteiger partial charge in [0.15, 0.2) is 5.78 Å². The summed E-state index contributed by atoms with van der Waals surface area (Å²) in [7, 11) is -8.12. The van der Waals surface area contributed by atoms with E-state index in [-0.39, 0.29) is 61.2 Å². The fraction of sp³-hybridized carbons (Fsp3) is 0.400. The molecule has 0 saturated heterocycles. The van der Waals surface area contributed by atoms with Crippen molar-refractivity contribution in [3.05, 3.63) is 131 Å². The second-order valence-corrected chi connectivity index (χ2v) is 20.7. The van der Waals surface area contributed by atoms with Crippen LogP contribution in [0.2, 0.25) is 0 Å². The van der Waals surface area contributed by atoms with Crippen molar-refractivity contribution in [2.24, 2.45) is 22.9 Å². The summed E-state index contributed by atoms with van der Waals surface area (Å²) in [6, 6.07) is 24.0. The third-order valence-electron chi connectivity index (χ3n) is 11.0. The Kier molecular flexibility index (Phi) is 28.1. The van der Waals surface area contributed by atoms with E-state index in [0.717, 1.165) is 11.1 Å². The van der Waals surface area contributed by atoms with Crippen LogP contribution in [-0.2, 0) is 61.7 Å². The van der Waals surface area contributed by atoms with E-state index in [0.29, 0.717) is 11.1 Å².